The largest absolute Gasteiger partial charge is 0.478 e. The van der Waals surface area contributed by atoms with E-state index in [1.165, 1.54) is 0 Å². The molecule has 3 aromatic rings. The molecular formula is C21H22N4OS. The maximum Gasteiger partial charge on any atom is 0.217 e. The van der Waals surface area contributed by atoms with Gasteiger partial charge in [-0.15, -0.1) is 0 Å². The molecule has 0 aliphatic rings. The van der Waals surface area contributed by atoms with E-state index in [2.05, 4.69) is 22.3 Å². The van der Waals surface area contributed by atoms with Crippen LogP contribution in [-0.2, 0) is 6.54 Å². The summed E-state index contributed by atoms with van der Waals surface area (Å²) >= 11 is 5.34. The lowest BCUT2D eigenvalue weighted by Gasteiger charge is -2.12. The first kappa shape index (κ1) is 18.8. The van der Waals surface area contributed by atoms with E-state index < -0.39 is 0 Å². The molecule has 1 N–H and O–H groups in total. The second kappa shape index (κ2) is 9.64. The standard InChI is InChI=1S/C21H22N4OS/c1-2-13-26-20-14-18(16-23-25(20)19-11-7-4-8-12-19)24-21(27)22-15-17-9-5-3-6-10-17/h3-12,14,16H,2,13,15H2,1H3,(H,22,27)/b24-18+. The minimum Gasteiger partial charge on any atom is -0.478 e. The van der Waals surface area contributed by atoms with E-state index in [1.807, 2.05) is 66.7 Å². The Hall–Kier alpha value is -2.99. The van der Waals surface area contributed by atoms with E-state index >= 15 is 0 Å². The van der Waals surface area contributed by atoms with Crippen LogP contribution in [0, 0.1) is 0 Å². The Morgan fingerprint density at radius 3 is 2.52 bits per heavy atom. The van der Waals surface area contributed by atoms with Gasteiger partial charge in [-0.1, -0.05) is 55.5 Å². The molecule has 27 heavy (non-hydrogen) atoms. The smallest absolute Gasteiger partial charge is 0.217 e. The van der Waals surface area contributed by atoms with Crippen molar-refractivity contribution in [2.24, 2.45) is 4.99 Å². The predicted octanol–water partition coefficient (Wildman–Crippen LogP) is 3.64. The van der Waals surface area contributed by atoms with Gasteiger partial charge in [0.15, 0.2) is 5.11 Å². The third-order valence-electron chi connectivity index (χ3n) is 3.76. The number of rotatable bonds is 6. The van der Waals surface area contributed by atoms with E-state index in [4.69, 9.17) is 17.0 Å². The summed E-state index contributed by atoms with van der Waals surface area (Å²) in [6.07, 6.45) is 2.59. The molecule has 0 aliphatic carbocycles. The highest BCUT2D eigenvalue weighted by atomic mass is 32.1. The highest BCUT2D eigenvalue weighted by Gasteiger charge is 2.05. The second-order valence-corrected chi connectivity index (χ2v) is 6.29. The molecule has 138 valence electrons. The van der Waals surface area contributed by atoms with Crippen LogP contribution >= 0.6 is 12.2 Å². The van der Waals surface area contributed by atoms with Gasteiger partial charge in [-0.05, 0) is 36.3 Å². The molecule has 0 spiro atoms. The van der Waals surface area contributed by atoms with Crippen LogP contribution in [0.25, 0.3) is 5.69 Å². The van der Waals surface area contributed by atoms with Crippen molar-refractivity contribution in [3.8, 4) is 11.6 Å². The van der Waals surface area contributed by atoms with Crippen LogP contribution in [0.4, 0.5) is 0 Å². The lowest BCUT2D eigenvalue weighted by atomic mass is 10.2. The summed E-state index contributed by atoms with van der Waals surface area (Å²) in [7, 11) is 0. The van der Waals surface area contributed by atoms with E-state index in [0.717, 1.165) is 17.7 Å². The molecule has 0 saturated heterocycles. The van der Waals surface area contributed by atoms with Crippen molar-refractivity contribution < 1.29 is 4.74 Å². The van der Waals surface area contributed by atoms with Crippen LogP contribution in [0.15, 0.2) is 77.9 Å². The minimum absolute atomic E-state index is 0.416. The SMILES string of the molecule is CCCOc1c/c(=N\C(=S)NCc2ccccc2)cnn1-c1ccccc1. The van der Waals surface area contributed by atoms with Gasteiger partial charge in [0.25, 0.3) is 0 Å². The zero-order valence-electron chi connectivity index (χ0n) is 15.2. The molecule has 0 unspecified atom stereocenters. The fourth-order valence-corrected chi connectivity index (χ4v) is 2.64. The fraction of sp³-hybridized carbons (Fsp3) is 0.190. The zero-order valence-corrected chi connectivity index (χ0v) is 16.0. The van der Waals surface area contributed by atoms with Crippen molar-refractivity contribution in [3.63, 3.8) is 0 Å². The van der Waals surface area contributed by atoms with Crippen LogP contribution in [0.3, 0.4) is 0 Å². The first-order valence-electron chi connectivity index (χ1n) is 8.90. The Bertz CT molecular complexity index is 939. The summed E-state index contributed by atoms with van der Waals surface area (Å²) in [6, 6.07) is 21.8. The first-order chi connectivity index (χ1) is 13.3. The fourth-order valence-electron chi connectivity index (χ4n) is 2.46. The highest BCUT2D eigenvalue weighted by Crippen LogP contribution is 2.14. The van der Waals surface area contributed by atoms with Crippen molar-refractivity contribution >= 4 is 17.3 Å². The first-order valence-corrected chi connectivity index (χ1v) is 9.31. The van der Waals surface area contributed by atoms with Crippen LogP contribution in [0.5, 0.6) is 5.88 Å². The van der Waals surface area contributed by atoms with Crippen molar-refractivity contribution in [2.45, 2.75) is 19.9 Å². The monoisotopic (exact) mass is 378 g/mol. The number of aromatic nitrogens is 2. The van der Waals surface area contributed by atoms with Gasteiger partial charge in [0.05, 0.1) is 23.8 Å². The number of hydrogen-bond donors (Lipinski definition) is 1. The van der Waals surface area contributed by atoms with Gasteiger partial charge in [0.1, 0.15) is 0 Å². The van der Waals surface area contributed by atoms with Gasteiger partial charge in [0, 0.05) is 12.6 Å². The number of thiocarbonyl (C=S) groups is 1. The average Bonchev–Trinajstić information content (AvgIpc) is 2.72. The summed E-state index contributed by atoms with van der Waals surface area (Å²) in [5.74, 6) is 0.634. The van der Waals surface area contributed by atoms with Crippen LogP contribution < -0.4 is 15.4 Å². The molecule has 5 nitrogen and oxygen atoms in total. The molecule has 2 aromatic carbocycles. The molecule has 0 bridgehead atoms. The maximum absolute atomic E-state index is 5.87. The van der Waals surface area contributed by atoms with Gasteiger partial charge in [-0.25, -0.2) is 9.67 Å². The Labute approximate surface area is 164 Å². The summed E-state index contributed by atoms with van der Waals surface area (Å²) in [5.41, 5.74) is 2.08. The van der Waals surface area contributed by atoms with Crippen molar-refractivity contribution in [2.75, 3.05) is 6.61 Å². The highest BCUT2D eigenvalue weighted by molar-refractivity contribution is 7.80. The number of benzene rings is 2. The van der Waals surface area contributed by atoms with Crippen molar-refractivity contribution in [1.82, 2.24) is 15.1 Å². The van der Waals surface area contributed by atoms with Gasteiger partial charge >= 0.3 is 0 Å². The molecule has 0 aliphatic heterocycles. The zero-order chi connectivity index (χ0) is 18.9. The van der Waals surface area contributed by atoms with Crippen molar-refractivity contribution in [3.05, 3.63) is 83.8 Å². The Balaban J connectivity index is 1.80. The number of ether oxygens (including phenoxy) is 1. The lowest BCUT2D eigenvalue weighted by molar-refractivity contribution is 0.291. The predicted molar refractivity (Wildman–Crippen MR) is 111 cm³/mol. The molecule has 0 saturated carbocycles. The number of hydrogen-bond acceptors (Lipinski definition) is 3. The van der Waals surface area contributed by atoms with Crippen LogP contribution in [0.1, 0.15) is 18.9 Å². The lowest BCUT2D eigenvalue weighted by Crippen LogP contribution is -2.22. The third kappa shape index (κ3) is 5.49. The van der Waals surface area contributed by atoms with Crippen LogP contribution in [0.2, 0.25) is 0 Å². The summed E-state index contributed by atoms with van der Waals surface area (Å²) < 4.78 is 7.63. The molecule has 6 heteroatoms. The summed E-state index contributed by atoms with van der Waals surface area (Å²) in [4.78, 5) is 4.44. The molecule has 0 amide bonds. The molecule has 0 radical (unpaired) electrons. The molecule has 3 rings (SSSR count). The van der Waals surface area contributed by atoms with Gasteiger partial charge in [-0.3, -0.25) is 0 Å². The normalized spacial score (nSPS) is 11.2. The summed E-state index contributed by atoms with van der Waals surface area (Å²) in [5, 5.41) is 8.70. The van der Waals surface area contributed by atoms with Crippen molar-refractivity contribution in [1.29, 1.82) is 0 Å². The Morgan fingerprint density at radius 1 is 1.11 bits per heavy atom. The Morgan fingerprint density at radius 2 is 1.81 bits per heavy atom. The second-order valence-electron chi connectivity index (χ2n) is 5.90. The Kier molecular flexibility index (Phi) is 6.71. The molecule has 1 heterocycles. The van der Waals surface area contributed by atoms with Gasteiger partial charge in [0.2, 0.25) is 5.88 Å². The minimum atomic E-state index is 0.416. The maximum atomic E-state index is 5.87. The third-order valence-corrected chi connectivity index (χ3v) is 3.99. The van der Waals surface area contributed by atoms with Crippen LogP contribution in [-0.4, -0.2) is 21.5 Å². The number of nitrogens with zero attached hydrogens (tertiary/aromatic N) is 3. The average molecular weight is 379 g/mol. The van der Waals surface area contributed by atoms with Gasteiger partial charge < -0.3 is 10.1 Å². The topological polar surface area (TPSA) is 51.4 Å². The molecule has 0 atom stereocenters. The van der Waals surface area contributed by atoms with E-state index in [0.29, 0.717) is 29.5 Å². The van der Waals surface area contributed by atoms with E-state index in [9.17, 15) is 0 Å². The van der Waals surface area contributed by atoms with Gasteiger partial charge in [-0.2, -0.15) is 5.10 Å². The number of nitrogens with one attached hydrogen (secondary N) is 1. The quantitative estimate of drug-likeness (QED) is 0.666. The molecule has 0 fully saturated rings. The summed E-state index contributed by atoms with van der Waals surface area (Å²) in [6.45, 7) is 3.30. The molecular weight excluding hydrogens is 356 g/mol. The van der Waals surface area contributed by atoms with E-state index in [-0.39, 0.29) is 0 Å². The van der Waals surface area contributed by atoms with E-state index in [1.54, 1.807) is 10.9 Å². The molecule has 1 aromatic heterocycles. The number of para-hydroxylation sites is 1.